The highest BCUT2D eigenvalue weighted by Crippen LogP contribution is 2.18. The zero-order valence-electron chi connectivity index (χ0n) is 12.6. The van der Waals surface area contributed by atoms with Crippen LogP contribution in [0.1, 0.15) is 32.1 Å². The fourth-order valence-electron chi connectivity index (χ4n) is 2.63. The molecule has 0 aromatic carbocycles. The molecule has 2 rings (SSSR count). The van der Waals surface area contributed by atoms with Crippen molar-refractivity contribution in [3.05, 3.63) is 0 Å². The maximum absolute atomic E-state index is 11.3. The molecular weight excluding hydrogens is 254 g/mol. The Labute approximate surface area is 121 Å². The van der Waals surface area contributed by atoms with E-state index in [1.165, 1.54) is 19.3 Å². The topological polar surface area (TPSA) is 68.8 Å². The standard InChI is InChI=1S/C14H27N5O/c1-15-13(20)10-19-8-6-12(7-9-19)18-14(16-2)17-11-4-3-5-11/h11-12H,3-10H2,1-2H3,(H,15,20)(H2,16,17,18). The van der Waals surface area contributed by atoms with Gasteiger partial charge in [-0.2, -0.15) is 0 Å². The first kappa shape index (κ1) is 15.1. The van der Waals surface area contributed by atoms with Crippen LogP contribution < -0.4 is 16.0 Å². The molecule has 1 saturated heterocycles. The summed E-state index contributed by atoms with van der Waals surface area (Å²) in [5.74, 6) is 1.03. The molecule has 0 radical (unpaired) electrons. The molecule has 1 heterocycles. The molecule has 2 aliphatic rings. The van der Waals surface area contributed by atoms with Crippen molar-refractivity contribution in [3.63, 3.8) is 0 Å². The number of hydrogen-bond donors (Lipinski definition) is 3. The van der Waals surface area contributed by atoms with Crippen LogP contribution in [0.4, 0.5) is 0 Å². The molecule has 6 heteroatoms. The summed E-state index contributed by atoms with van der Waals surface area (Å²) in [5, 5.41) is 9.64. The van der Waals surface area contributed by atoms with E-state index in [4.69, 9.17) is 0 Å². The lowest BCUT2D eigenvalue weighted by atomic mass is 9.93. The Morgan fingerprint density at radius 3 is 2.20 bits per heavy atom. The monoisotopic (exact) mass is 281 g/mol. The summed E-state index contributed by atoms with van der Waals surface area (Å²) in [4.78, 5) is 17.9. The van der Waals surface area contributed by atoms with E-state index in [0.29, 0.717) is 18.6 Å². The van der Waals surface area contributed by atoms with E-state index in [9.17, 15) is 4.79 Å². The predicted octanol–water partition coefficient (Wildman–Crippen LogP) is -0.0857. The molecule has 1 saturated carbocycles. The van der Waals surface area contributed by atoms with E-state index in [2.05, 4.69) is 25.8 Å². The van der Waals surface area contributed by atoms with E-state index in [1.54, 1.807) is 7.05 Å². The Morgan fingerprint density at radius 2 is 1.75 bits per heavy atom. The van der Waals surface area contributed by atoms with Crippen LogP contribution in [0.5, 0.6) is 0 Å². The highest BCUT2D eigenvalue weighted by molar-refractivity contribution is 5.80. The van der Waals surface area contributed by atoms with Crippen LogP contribution in [-0.2, 0) is 4.79 Å². The molecule has 0 spiro atoms. The fourth-order valence-corrected chi connectivity index (χ4v) is 2.63. The van der Waals surface area contributed by atoms with Gasteiger partial charge in [-0.05, 0) is 32.1 Å². The molecular formula is C14H27N5O. The van der Waals surface area contributed by atoms with Gasteiger partial charge in [0.25, 0.3) is 0 Å². The molecule has 2 fully saturated rings. The summed E-state index contributed by atoms with van der Waals surface area (Å²) in [6, 6.07) is 1.07. The second-order valence-electron chi connectivity index (χ2n) is 5.71. The van der Waals surface area contributed by atoms with Gasteiger partial charge >= 0.3 is 0 Å². The van der Waals surface area contributed by atoms with E-state index in [-0.39, 0.29) is 5.91 Å². The van der Waals surface area contributed by atoms with Gasteiger partial charge in [0.05, 0.1) is 6.54 Å². The summed E-state index contributed by atoms with van der Waals surface area (Å²) in [6.45, 7) is 2.44. The SMILES string of the molecule is CN=C(NC1CCC1)NC1CCN(CC(=O)NC)CC1. The number of rotatable bonds is 4. The number of nitrogens with zero attached hydrogens (tertiary/aromatic N) is 2. The van der Waals surface area contributed by atoms with Crippen LogP contribution in [0.15, 0.2) is 4.99 Å². The van der Waals surface area contributed by atoms with Crippen molar-refractivity contribution in [3.8, 4) is 0 Å². The highest BCUT2D eigenvalue weighted by atomic mass is 16.1. The van der Waals surface area contributed by atoms with E-state index < -0.39 is 0 Å². The second kappa shape index (κ2) is 7.47. The Kier molecular flexibility index (Phi) is 5.64. The smallest absolute Gasteiger partial charge is 0.233 e. The lowest BCUT2D eigenvalue weighted by molar-refractivity contribution is -0.122. The third-order valence-electron chi connectivity index (χ3n) is 4.24. The van der Waals surface area contributed by atoms with Crippen molar-refractivity contribution in [1.29, 1.82) is 0 Å². The van der Waals surface area contributed by atoms with Crippen molar-refractivity contribution in [1.82, 2.24) is 20.9 Å². The van der Waals surface area contributed by atoms with Crippen molar-refractivity contribution in [2.75, 3.05) is 33.7 Å². The lowest BCUT2D eigenvalue weighted by Gasteiger charge is -2.34. The van der Waals surface area contributed by atoms with Crippen LogP contribution in [0.25, 0.3) is 0 Å². The number of likely N-dealkylation sites (tertiary alicyclic amines) is 1. The third-order valence-corrected chi connectivity index (χ3v) is 4.24. The van der Waals surface area contributed by atoms with E-state index in [1.807, 2.05) is 7.05 Å². The number of piperidine rings is 1. The summed E-state index contributed by atoms with van der Waals surface area (Å²) in [6.07, 6.45) is 5.95. The third kappa shape index (κ3) is 4.37. The number of guanidine groups is 1. The Morgan fingerprint density at radius 1 is 1.15 bits per heavy atom. The average molecular weight is 281 g/mol. The van der Waals surface area contributed by atoms with Crippen LogP contribution >= 0.6 is 0 Å². The first-order chi connectivity index (χ1) is 9.71. The van der Waals surface area contributed by atoms with Gasteiger partial charge in [0.2, 0.25) is 5.91 Å². The molecule has 3 N–H and O–H groups in total. The van der Waals surface area contributed by atoms with Crippen LogP contribution in [-0.4, -0.2) is 62.6 Å². The minimum absolute atomic E-state index is 0.0962. The van der Waals surface area contributed by atoms with Crippen molar-refractivity contribution >= 4 is 11.9 Å². The van der Waals surface area contributed by atoms with Gasteiger partial charge in [-0.25, -0.2) is 0 Å². The lowest BCUT2D eigenvalue weighted by Crippen LogP contribution is -2.52. The minimum Gasteiger partial charge on any atom is -0.358 e. The average Bonchev–Trinajstić information content (AvgIpc) is 2.43. The Balaban J connectivity index is 1.68. The second-order valence-corrected chi connectivity index (χ2v) is 5.71. The number of aliphatic imine (C=N–C) groups is 1. The predicted molar refractivity (Wildman–Crippen MR) is 80.8 cm³/mol. The number of carbonyl (C=O) groups is 1. The number of amides is 1. The van der Waals surface area contributed by atoms with Crippen molar-refractivity contribution < 1.29 is 4.79 Å². The Hall–Kier alpha value is -1.30. The fraction of sp³-hybridized carbons (Fsp3) is 0.857. The molecule has 20 heavy (non-hydrogen) atoms. The van der Waals surface area contributed by atoms with Crippen LogP contribution in [0.2, 0.25) is 0 Å². The summed E-state index contributed by atoms with van der Waals surface area (Å²) >= 11 is 0. The van der Waals surface area contributed by atoms with Gasteiger partial charge in [0.15, 0.2) is 5.96 Å². The van der Waals surface area contributed by atoms with Gasteiger partial charge in [0, 0.05) is 39.3 Å². The van der Waals surface area contributed by atoms with Gasteiger partial charge < -0.3 is 16.0 Å². The molecule has 0 aromatic rings. The molecule has 0 bridgehead atoms. The maximum Gasteiger partial charge on any atom is 0.233 e. The molecule has 6 nitrogen and oxygen atoms in total. The van der Waals surface area contributed by atoms with E-state index >= 15 is 0 Å². The van der Waals surface area contributed by atoms with Crippen molar-refractivity contribution in [2.45, 2.75) is 44.2 Å². The number of carbonyl (C=O) groups excluding carboxylic acids is 1. The molecule has 1 amide bonds. The minimum atomic E-state index is 0.0962. The molecule has 1 aliphatic heterocycles. The molecule has 0 aromatic heterocycles. The number of likely N-dealkylation sites (N-methyl/N-ethyl adjacent to an activating group) is 1. The first-order valence-corrected chi connectivity index (χ1v) is 7.64. The largest absolute Gasteiger partial charge is 0.358 e. The first-order valence-electron chi connectivity index (χ1n) is 7.64. The normalized spacial score (nSPS) is 22.2. The highest BCUT2D eigenvalue weighted by Gasteiger charge is 2.23. The van der Waals surface area contributed by atoms with Crippen LogP contribution in [0, 0.1) is 0 Å². The molecule has 1 aliphatic carbocycles. The van der Waals surface area contributed by atoms with E-state index in [0.717, 1.165) is 31.9 Å². The molecule has 0 atom stereocenters. The molecule has 0 unspecified atom stereocenters. The summed E-state index contributed by atoms with van der Waals surface area (Å²) < 4.78 is 0. The van der Waals surface area contributed by atoms with Gasteiger partial charge in [-0.15, -0.1) is 0 Å². The van der Waals surface area contributed by atoms with Crippen LogP contribution in [0.3, 0.4) is 0 Å². The maximum atomic E-state index is 11.3. The van der Waals surface area contributed by atoms with Gasteiger partial charge in [0.1, 0.15) is 0 Å². The quantitative estimate of drug-likeness (QED) is 0.498. The molecule has 114 valence electrons. The summed E-state index contributed by atoms with van der Waals surface area (Å²) in [7, 11) is 3.52. The zero-order valence-corrected chi connectivity index (χ0v) is 12.6. The van der Waals surface area contributed by atoms with Crippen molar-refractivity contribution in [2.24, 2.45) is 4.99 Å². The van der Waals surface area contributed by atoms with Gasteiger partial charge in [-0.1, -0.05) is 0 Å². The zero-order chi connectivity index (χ0) is 14.4. The number of nitrogens with one attached hydrogen (secondary N) is 3. The summed E-state index contributed by atoms with van der Waals surface area (Å²) in [5.41, 5.74) is 0. The Bertz CT molecular complexity index is 345. The number of hydrogen-bond acceptors (Lipinski definition) is 3. The van der Waals surface area contributed by atoms with Gasteiger partial charge in [-0.3, -0.25) is 14.7 Å².